The zero-order valence-electron chi connectivity index (χ0n) is 9.87. The SMILES string of the molecule is N#Cc1ccc(NC(=O)CC2(N)CCC2)c(Cl)c1. The van der Waals surface area contributed by atoms with Gasteiger partial charge in [0.25, 0.3) is 0 Å². The number of carbonyl (C=O) groups excluding carboxylic acids is 1. The Kier molecular flexibility index (Phi) is 3.55. The van der Waals surface area contributed by atoms with E-state index in [9.17, 15) is 4.79 Å². The summed E-state index contributed by atoms with van der Waals surface area (Å²) < 4.78 is 0. The molecule has 1 aliphatic rings. The molecule has 0 radical (unpaired) electrons. The third-order valence-electron chi connectivity index (χ3n) is 3.23. The zero-order valence-corrected chi connectivity index (χ0v) is 10.6. The van der Waals surface area contributed by atoms with Crippen molar-refractivity contribution in [2.75, 3.05) is 5.32 Å². The Hall–Kier alpha value is -1.57. The summed E-state index contributed by atoms with van der Waals surface area (Å²) in [6.45, 7) is 0. The number of nitrogens with one attached hydrogen (secondary N) is 1. The number of nitrogens with zero attached hydrogens (tertiary/aromatic N) is 1. The molecule has 0 saturated heterocycles. The van der Waals surface area contributed by atoms with E-state index in [1.807, 2.05) is 6.07 Å². The van der Waals surface area contributed by atoms with E-state index in [1.165, 1.54) is 6.07 Å². The van der Waals surface area contributed by atoms with Crippen molar-refractivity contribution < 1.29 is 4.79 Å². The monoisotopic (exact) mass is 263 g/mol. The van der Waals surface area contributed by atoms with E-state index in [0.717, 1.165) is 19.3 Å². The summed E-state index contributed by atoms with van der Waals surface area (Å²) in [7, 11) is 0. The first-order valence-corrected chi connectivity index (χ1v) is 6.19. The maximum Gasteiger partial charge on any atom is 0.226 e. The van der Waals surface area contributed by atoms with Crippen LogP contribution in [0.25, 0.3) is 0 Å². The average molecular weight is 264 g/mol. The van der Waals surface area contributed by atoms with Gasteiger partial charge in [0.15, 0.2) is 0 Å². The summed E-state index contributed by atoms with van der Waals surface area (Å²) in [6, 6.07) is 6.76. The first-order chi connectivity index (χ1) is 8.52. The van der Waals surface area contributed by atoms with Crippen LogP contribution in [0.4, 0.5) is 5.69 Å². The molecule has 0 atom stereocenters. The molecule has 18 heavy (non-hydrogen) atoms. The number of hydrogen-bond acceptors (Lipinski definition) is 3. The Morgan fingerprint density at radius 2 is 2.28 bits per heavy atom. The smallest absolute Gasteiger partial charge is 0.226 e. The lowest BCUT2D eigenvalue weighted by Crippen LogP contribution is -2.48. The second-order valence-corrected chi connectivity index (χ2v) is 5.15. The normalized spacial score (nSPS) is 16.5. The van der Waals surface area contributed by atoms with E-state index in [0.29, 0.717) is 22.7 Å². The molecule has 4 nitrogen and oxygen atoms in total. The number of benzene rings is 1. The molecule has 0 spiro atoms. The molecule has 1 aromatic rings. The molecule has 5 heteroatoms. The predicted octanol–water partition coefficient (Wildman–Crippen LogP) is 2.42. The van der Waals surface area contributed by atoms with Crippen LogP contribution < -0.4 is 11.1 Å². The number of halogens is 1. The van der Waals surface area contributed by atoms with Gasteiger partial charge in [-0.3, -0.25) is 4.79 Å². The molecule has 0 heterocycles. The minimum Gasteiger partial charge on any atom is -0.325 e. The van der Waals surface area contributed by atoms with Crippen molar-refractivity contribution in [2.24, 2.45) is 5.73 Å². The molecule has 0 aromatic heterocycles. The number of rotatable bonds is 3. The van der Waals surface area contributed by atoms with Crippen molar-refractivity contribution in [3.63, 3.8) is 0 Å². The summed E-state index contributed by atoms with van der Waals surface area (Å²) in [6.07, 6.45) is 3.17. The summed E-state index contributed by atoms with van der Waals surface area (Å²) in [5, 5.41) is 11.8. The van der Waals surface area contributed by atoms with E-state index in [-0.39, 0.29) is 11.4 Å². The highest BCUT2D eigenvalue weighted by Gasteiger charge is 2.34. The van der Waals surface area contributed by atoms with Gasteiger partial charge < -0.3 is 11.1 Å². The Bertz CT molecular complexity index is 517. The van der Waals surface area contributed by atoms with Crippen LogP contribution in [0.5, 0.6) is 0 Å². The Morgan fingerprint density at radius 1 is 1.56 bits per heavy atom. The van der Waals surface area contributed by atoms with Crippen molar-refractivity contribution in [1.29, 1.82) is 5.26 Å². The second-order valence-electron chi connectivity index (χ2n) is 4.75. The summed E-state index contributed by atoms with van der Waals surface area (Å²) in [4.78, 5) is 11.8. The Labute approximate surface area is 111 Å². The van der Waals surface area contributed by atoms with E-state index >= 15 is 0 Å². The van der Waals surface area contributed by atoms with Gasteiger partial charge in [-0.05, 0) is 37.5 Å². The molecular weight excluding hydrogens is 250 g/mol. The quantitative estimate of drug-likeness (QED) is 0.879. The van der Waals surface area contributed by atoms with Gasteiger partial charge in [0, 0.05) is 12.0 Å². The minimum atomic E-state index is -0.344. The van der Waals surface area contributed by atoms with Gasteiger partial charge in [-0.1, -0.05) is 11.6 Å². The summed E-state index contributed by atoms with van der Waals surface area (Å²) >= 11 is 5.97. The molecule has 94 valence electrons. The first kappa shape index (κ1) is 12.9. The molecule has 0 bridgehead atoms. The Balaban J connectivity index is 2.01. The van der Waals surface area contributed by atoms with Gasteiger partial charge in [-0.15, -0.1) is 0 Å². The van der Waals surface area contributed by atoms with Crippen LogP contribution >= 0.6 is 11.6 Å². The van der Waals surface area contributed by atoms with Crippen LogP contribution in [0.1, 0.15) is 31.2 Å². The van der Waals surface area contributed by atoms with Gasteiger partial charge in [0.1, 0.15) is 0 Å². The van der Waals surface area contributed by atoms with E-state index in [4.69, 9.17) is 22.6 Å². The van der Waals surface area contributed by atoms with Crippen LogP contribution in [0.15, 0.2) is 18.2 Å². The fourth-order valence-corrected chi connectivity index (χ4v) is 2.24. The molecular formula is C13H14ClN3O. The highest BCUT2D eigenvalue weighted by Crippen LogP contribution is 2.32. The fraction of sp³-hybridized carbons (Fsp3) is 0.385. The summed E-state index contributed by atoms with van der Waals surface area (Å²) in [5.74, 6) is -0.135. The highest BCUT2D eigenvalue weighted by molar-refractivity contribution is 6.33. The van der Waals surface area contributed by atoms with Crippen LogP contribution in [-0.2, 0) is 4.79 Å². The molecule has 1 aromatic carbocycles. The number of hydrogen-bond donors (Lipinski definition) is 2. The first-order valence-electron chi connectivity index (χ1n) is 5.81. The van der Waals surface area contributed by atoms with Gasteiger partial charge >= 0.3 is 0 Å². The maximum absolute atomic E-state index is 11.8. The Morgan fingerprint density at radius 3 is 2.78 bits per heavy atom. The van der Waals surface area contributed by atoms with Crippen molar-refractivity contribution >= 4 is 23.2 Å². The van der Waals surface area contributed by atoms with Gasteiger partial charge in [-0.2, -0.15) is 5.26 Å². The average Bonchev–Trinajstić information content (AvgIpc) is 2.29. The lowest BCUT2D eigenvalue weighted by molar-refractivity contribution is -0.118. The van der Waals surface area contributed by atoms with Crippen LogP contribution in [0.3, 0.4) is 0 Å². The number of anilines is 1. The van der Waals surface area contributed by atoms with Crippen molar-refractivity contribution in [2.45, 2.75) is 31.2 Å². The highest BCUT2D eigenvalue weighted by atomic mass is 35.5. The van der Waals surface area contributed by atoms with Crippen LogP contribution in [-0.4, -0.2) is 11.4 Å². The van der Waals surface area contributed by atoms with Gasteiger partial charge in [0.2, 0.25) is 5.91 Å². The topological polar surface area (TPSA) is 78.9 Å². The molecule has 3 N–H and O–H groups in total. The molecule has 1 saturated carbocycles. The molecule has 1 fully saturated rings. The lowest BCUT2D eigenvalue weighted by Gasteiger charge is -2.37. The number of carbonyl (C=O) groups is 1. The van der Waals surface area contributed by atoms with Crippen LogP contribution in [0, 0.1) is 11.3 Å². The second kappa shape index (κ2) is 4.97. The van der Waals surface area contributed by atoms with Crippen molar-refractivity contribution in [1.82, 2.24) is 0 Å². The third kappa shape index (κ3) is 2.81. The minimum absolute atomic E-state index is 0.135. The number of amides is 1. The standard InChI is InChI=1S/C13H14ClN3O/c14-10-6-9(8-15)2-3-11(10)17-12(18)7-13(16)4-1-5-13/h2-3,6H,1,4-5,7,16H2,(H,17,18). The molecule has 0 unspecified atom stereocenters. The zero-order chi connectivity index (χ0) is 13.2. The molecule has 1 amide bonds. The van der Waals surface area contributed by atoms with E-state index in [2.05, 4.69) is 5.32 Å². The number of nitrogens with two attached hydrogens (primary N) is 1. The van der Waals surface area contributed by atoms with Crippen molar-refractivity contribution in [3.05, 3.63) is 28.8 Å². The largest absolute Gasteiger partial charge is 0.325 e. The predicted molar refractivity (Wildman–Crippen MR) is 70.2 cm³/mol. The molecule has 2 rings (SSSR count). The third-order valence-corrected chi connectivity index (χ3v) is 3.55. The lowest BCUT2D eigenvalue weighted by atomic mass is 9.75. The molecule has 0 aliphatic heterocycles. The van der Waals surface area contributed by atoms with Crippen molar-refractivity contribution in [3.8, 4) is 6.07 Å². The maximum atomic E-state index is 11.8. The number of nitriles is 1. The van der Waals surface area contributed by atoms with Crippen LogP contribution in [0.2, 0.25) is 5.02 Å². The van der Waals surface area contributed by atoms with Gasteiger partial charge in [-0.25, -0.2) is 0 Å². The summed E-state index contributed by atoms with van der Waals surface area (Å²) in [5.41, 5.74) is 6.64. The van der Waals surface area contributed by atoms with Gasteiger partial charge in [0.05, 0.1) is 22.3 Å². The van der Waals surface area contributed by atoms with E-state index < -0.39 is 0 Å². The molecule has 1 aliphatic carbocycles. The fourth-order valence-electron chi connectivity index (χ4n) is 2.01. The van der Waals surface area contributed by atoms with E-state index in [1.54, 1.807) is 12.1 Å².